The lowest BCUT2D eigenvalue weighted by atomic mass is 10.0. The Morgan fingerprint density at radius 2 is 2.05 bits per heavy atom. The van der Waals surface area contributed by atoms with Crippen molar-refractivity contribution in [2.45, 2.75) is 25.5 Å². The molecule has 2 rings (SSSR count). The first-order valence-electron chi connectivity index (χ1n) is 6.85. The molecule has 5 nitrogen and oxygen atoms in total. The second kappa shape index (κ2) is 6.91. The van der Waals surface area contributed by atoms with Crippen molar-refractivity contribution in [3.8, 4) is 0 Å². The number of nitrogens with zero attached hydrogens (tertiary/aromatic N) is 1. The number of carbonyl (C=O) groups excluding carboxylic acids is 2. The van der Waals surface area contributed by atoms with Gasteiger partial charge >= 0.3 is 0 Å². The van der Waals surface area contributed by atoms with Crippen LogP contribution in [0.4, 0.5) is 0 Å². The quantitative estimate of drug-likeness (QED) is 0.922. The van der Waals surface area contributed by atoms with Crippen LogP contribution in [0.3, 0.4) is 0 Å². The van der Waals surface area contributed by atoms with Gasteiger partial charge < -0.3 is 15.0 Å². The summed E-state index contributed by atoms with van der Waals surface area (Å²) in [6.07, 6.45) is 0.580. The largest absolute Gasteiger partial charge is 0.371 e. The second-order valence-corrected chi connectivity index (χ2v) is 5.62. The molecule has 21 heavy (non-hydrogen) atoms. The zero-order valence-corrected chi connectivity index (χ0v) is 12.9. The molecule has 1 aromatic carbocycles. The summed E-state index contributed by atoms with van der Waals surface area (Å²) >= 11 is 5.88. The molecule has 1 heterocycles. The zero-order chi connectivity index (χ0) is 15.4. The van der Waals surface area contributed by atoms with Crippen molar-refractivity contribution < 1.29 is 14.3 Å². The van der Waals surface area contributed by atoms with E-state index in [2.05, 4.69) is 5.32 Å². The van der Waals surface area contributed by atoms with Crippen molar-refractivity contribution in [1.82, 2.24) is 10.2 Å². The van der Waals surface area contributed by atoms with Gasteiger partial charge in [0, 0.05) is 25.6 Å². The normalized spacial score (nSPS) is 21.1. The molecular formula is C15H19ClN2O3. The Kier molecular flexibility index (Phi) is 5.20. The van der Waals surface area contributed by atoms with E-state index in [0.717, 1.165) is 12.0 Å². The fourth-order valence-electron chi connectivity index (χ4n) is 2.30. The molecular weight excluding hydrogens is 292 g/mol. The molecule has 2 amide bonds. The summed E-state index contributed by atoms with van der Waals surface area (Å²) in [4.78, 5) is 24.5. The van der Waals surface area contributed by atoms with Crippen LogP contribution in [0.1, 0.15) is 25.0 Å². The van der Waals surface area contributed by atoms with Crippen LogP contribution in [0.2, 0.25) is 5.02 Å². The summed E-state index contributed by atoms with van der Waals surface area (Å²) in [5.74, 6) is -0.316. The summed E-state index contributed by atoms with van der Waals surface area (Å²) < 4.78 is 5.71. The molecule has 2 atom stereocenters. The molecule has 1 fully saturated rings. The van der Waals surface area contributed by atoms with E-state index in [0.29, 0.717) is 11.6 Å². The number of amides is 2. The lowest BCUT2D eigenvalue weighted by molar-refractivity contribution is -0.133. The van der Waals surface area contributed by atoms with Gasteiger partial charge in [0.1, 0.15) is 6.10 Å². The first kappa shape index (κ1) is 15.8. The van der Waals surface area contributed by atoms with Crippen molar-refractivity contribution in [3.63, 3.8) is 0 Å². The molecule has 1 saturated heterocycles. The molecule has 1 aliphatic heterocycles. The van der Waals surface area contributed by atoms with Crippen LogP contribution in [0.5, 0.6) is 0 Å². The number of likely N-dealkylation sites (N-methyl/N-ethyl adjacent to an activating group) is 1. The first-order chi connectivity index (χ1) is 9.97. The Morgan fingerprint density at radius 3 is 2.67 bits per heavy atom. The van der Waals surface area contributed by atoms with E-state index in [1.165, 1.54) is 11.8 Å². The summed E-state index contributed by atoms with van der Waals surface area (Å²) in [5.41, 5.74) is 0.988. The number of rotatable bonds is 4. The molecule has 0 unspecified atom stereocenters. The number of carbonyl (C=O) groups is 2. The number of benzene rings is 1. The summed E-state index contributed by atoms with van der Waals surface area (Å²) in [5, 5.41) is 3.60. The van der Waals surface area contributed by atoms with Crippen LogP contribution in [-0.4, -0.2) is 43.0 Å². The van der Waals surface area contributed by atoms with Gasteiger partial charge in [-0.3, -0.25) is 9.59 Å². The minimum Gasteiger partial charge on any atom is -0.371 e. The molecule has 1 N–H and O–H groups in total. The van der Waals surface area contributed by atoms with Crippen molar-refractivity contribution in [2.24, 2.45) is 0 Å². The van der Waals surface area contributed by atoms with Gasteiger partial charge in [-0.05, 0) is 24.1 Å². The molecule has 0 radical (unpaired) electrons. The highest BCUT2D eigenvalue weighted by Crippen LogP contribution is 2.29. The van der Waals surface area contributed by atoms with Gasteiger partial charge in [0.15, 0.2) is 0 Å². The predicted octanol–water partition coefficient (Wildman–Crippen LogP) is 1.76. The average Bonchev–Trinajstić information content (AvgIpc) is 2.87. The maximum Gasteiger partial charge on any atom is 0.239 e. The van der Waals surface area contributed by atoms with Gasteiger partial charge in [0.2, 0.25) is 11.8 Å². The van der Waals surface area contributed by atoms with Crippen LogP contribution in [0.15, 0.2) is 24.3 Å². The Bertz CT molecular complexity index is 518. The highest BCUT2D eigenvalue weighted by atomic mass is 35.5. The van der Waals surface area contributed by atoms with Gasteiger partial charge in [-0.2, -0.15) is 0 Å². The lowest BCUT2D eigenvalue weighted by Gasteiger charge is -2.22. The maximum atomic E-state index is 12.0. The van der Waals surface area contributed by atoms with E-state index in [9.17, 15) is 9.59 Å². The highest BCUT2D eigenvalue weighted by Gasteiger charge is 2.31. The number of halogens is 1. The zero-order valence-electron chi connectivity index (χ0n) is 12.1. The minimum atomic E-state index is -0.179. The van der Waals surface area contributed by atoms with Crippen molar-refractivity contribution >= 4 is 23.4 Å². The van der Waals surface area contributed by atoms with E-state index in [-0.39, 0.29) is 30.5 Å². The molecule has 114 valence electrons. The molecule has 6 heteroatoms. The average molecular weight is 311 g/mol. The maximum absolute atomic E-state index is 12.0. The third-order valence-electron chi connectivity index (χ3n) is 3.55. The lowest BCUT2D eigenvalue weighted by Crippen LogP contribution is -2.43. The van der Waals surface area contributed by atoms with Crippen molar-refractivity contribution in [3.05, 3.63) is 34.9 Å². The van der Waals surface area contributed by atoms with E-state index in [4.69, 9.17) is 16.3 Å². The van der Waals surface area contributed by atoms with Crippen LogP contribution >= 0.6 is 11.6 Å². The summed E-state index contributed by atoms with van der Waals surface area (Å²) in [6.45, 7) is 2.09. The second-order valence-electron chi connectivity index (χ2n) is 5.18. The molecule has 0 saturated carbocycles. The number of ether oxygens (including phenoxy) is 1. The van der Waals surface area contributed by atoms with Gasteiger partial charge in [-0.25, -0.2) is 0 Å². The standard InChI is InChI=1S/C15H19ClN2O3/c1-10(19)18(2)9-14(20)17-13-7-8-21-15(13)11-3-5-12(16)6-4-11/h3-6,13,15H,7-9H2,1-2H3,(H,17,20)/t13-,15-/m1/s1. The van der Waals surface area contributed by atoms with Gasteiger partial charge in [0.25, 0.3) is 0 Å². The topological polar surface area (TPSA) is 58.6 Å². The Morgan fingerprint density at radius 1 is 1.38 bits per heavy atom. The fraction of sp³-hybridized carbons (Fsp3) is 0.467. The van der Waals surface area contributed by atoms with E-state index in [1.54, 1.807) is 19.2 Å². The van der Waals surface area contributed by atoms with Crippen molar-refractivity contribution in [2.75, 3.05) is 20.2 Å². The number of nitrogens with one attached hydrogen (secondary N) is 1. The Labute approximate surface area is 129 Å². The smallest absolute Gasteiger partial charge is 0.239 e. The van der Waals surface area contributed by atoms with Gasteiger partial charge in [-0.15, -0.1) is 0 Å². The SMILES string of the molecule is CC(=O)N(C)CC(=O)N[C@@H]1CCO[C@@H]1c1ccc(Cl)cc1. The molecule has 0 aromatic heterocycles. The molecule has 0 bridgehead atoms. The number of hydrogen-bond donors (Lipinski definition) is 1. The third-order valence-corrected chi connectivity index (χ3v) is 3.81. The predicted molar refractivity (Wildman–Crippen MR) is 80.0 cm³/mol. The monoisotopic (exact) mass is 310 g/mol. The Hall–Kier alpha value is -1.59. The Balaban J connectivity index is 1.97. The van der Waals surface area contributed by atoms with Crippen molar-refractivity contribution in [1.29, 1.82) is 0 Å². The first-order valence-corrected chi connectivity index (χ1v) is 7.23. The summed E-state index contributed by atoms with van der Waals surface area (Å²) in [6, 6.07) is 7.33. The minimum absolute atomic E-state index is 0.0547. The van der Waals surface area contributed by atoms with Gasteiger partial charge in [-0.1, -0.05) is 23.7 Å². The van der Waals surface area contributed by atoms with Crippen LogP contribution in [0, 0.1) is 0 Å². The molecule has 1 aromatic rings. The van der Waals surface area contributed by atoms with E-state index in [1.807, 2.05) is 12.1 Å². The number of hydrogen-bond acceptors (Lipinski definition) is 3. The van der Waals surface area contributed by atoms with Gasteiger partial charge in [0.05, 0.1) is 12.6 Å². The van der Waals surface area contributed by atoms with E-state index < -0.39 is 0 Å². The summed E-state index contributed by atoms with van der Waals surface area (Å²) in [7, 11) is 1.60. The molecule has 0 aliphatic carbocycles. The van der Waals surface area contributed by atoms with E-state index >= 15 is 0 Å². The van der Waals surface area contributed by atoms with Crippen LogP contribution in [0.25, 0.3) is 0 Å². The fourth-order valence-corrected chi connectivity index (χ4v) is 2.42. The van der Waals surface area contributed by atoms with Crippen LogP contribution in [-0.2, 0) is 14.3 Å². The van der Waals surface area contributed by atoms with Crippen LogP contribution < -0.4 is 5.32 Å². The molecule has 0 spiro atoms. The highest BCUT2D eigenvalue weighted by molar-refractivity contribution is 6.30. The third kappa shape index (κ3) is 4.19. The molecule has 1 aliphatic rings.